The molecule has 6 N–H and O–H groups in total. The molecule has 3 rings (SSSR count). The molecule has 8 atom stereocenters. The Bertz CT molecular complexity index is 752. The van der Waals surface area contributed by atoms with Gasteiger partial charge in [-0.25, -0.2) is 4.79 Å². The highest BCUT2D eigenvalue weighted by atomic mass is 16.7. The first-order valence-electron chi connectivity index (χ1n) is 8.87. The van der Waals surface area contributed by atoms with Crippen LogP contribution in [0.4, 0.5) is 0 Å². The highest BCUT2D eigenvalue weighted by Gasteiger charge is 2.49. The van der Waals surface area contributed by atoms with E-state index in [0.717, 1.165) is 12.3 Å². The summed E-state index contributed by atoms with van der Waals surface area (Å²) >= 11 is 0. The Kier molecular flexibility index (Phi) is 6.45. The van der Waals surface area contributed by atoms with Gasteiger partial charge < -0.3 is 54.0 Å². The topological polar surface area (TPSA) is 189 Å². The van der Waals surface area contributed by atoms with Crippen LogP contribution in [-0.4, -0.2) is 93.6 Å². The van der Waals surface area contributed by atoms with Gasteiger partial charge in [0.05, 0.1) is 26.1 Å². The van der Waals surface area contributed by atoms with E-state index >= 15 is 0 Å². The van der Waals surface area contributed by atoms with Crippen LogP contribution in [0.3, 0.4) is 0 Å². The number of hydrogen-bond donors (Lipinski definition) is 6. The maximum absolute atomic E-state index is 11.7. The van der Waals surface area contributed by atoms with Crippen molar-refractivity contribution in [2.24, 2.45) is 5.41 Å². The van der Waals surface area contributed by atoms with Crippen LogP contribution in [0.15, 0.2) is 21.5 Å². The molecule has 0 amide bonds. The lowest BCUT2D eigenvalue weighted by Gasteiger charge is -2.40. The third-order valence-electron chi connectivity index (χ3n) is 5.06. The van der Waals surface area contributed by atoms with Crippen LogP contribution in [0, 0.1) is 5.41 Å². The van der Waals surface area contributed by atoms with Gasteiger partial charge in [-0.05, 0) is 0 Å². The summed E-state index contributed by atoms with van der Waals surface area (Å²) in [7, 11) is 0. The van der Waals surface area contributed by atoms with Crippen molar-refractivity contribution in [3.63, 3.8) is 0 Å². The van der Waals surface area contributed by atoms with Crippen molar-refractivity contribution in [2.75, 3.05) is 19.8 Å². The molecule has 3 heterocycles. The lowest BCUT2D eigenvalue weighted by Crippen LogP contribution is -2.60. The zero-order valence-electron chi connectivity index (χ0n) is 15.5. The van der Waals surface area contributed by atoms with E-state index in [1.54, 1.807) is 6.92 Å². The first kappa shape index (κ1) is 21.9. The van der Waals surface area contributed by atoms with Crippen molar-refractivity contribution >= 4 is 0 Å². The highest BCUT2D eigenvalue weighted by molar-refractivity contribution is 5.33. The Morgan fingerprint density at radius 3 is 2.52 bits per heavy atom. The van der Waals surface area contributed by atoms with Gasteiger partial charge in [0.25, 0.3) is 0 Å². The molecule has 1 aromatic rings. The van der Waals surface area contributed by atoms with Crippen molar-refractivity contribution in [1.82, 2.24) is 0 Å². The Labute approximate surface area is 164 Å². The normalized spacial score (nSPS) is 40.1. The molecule has 0 saturated carbocycles. The van der Waals surface area contributed by atoms with E-state index in [1.165, 1.54) is 0 Å². The average molecular weight is 420 g/mol. The fraction of sp³-hybridized carbons (Fsp3) is 0.706. The average Bonchev–Trinajstić information content (AvgIpc) is 2.99. The van der Waals surface area contributed by atoms with Gasteiger partial charge in [0.2, 0.25) is 12.0 Å². The van der Waals surface area contributed by atoms with Crippen LogP contribution in [-0.2, 0) is 14.2 Å². The molecule has 12 nitrogen and oxygen atoms in total. The van der Waals surface area contributed by atoms with Crippen molar-refractivity contribution in [2.45, 2.75) is 50.0 Å². The van der Waals surface area contributed by atoms with Crippen LogP contribution in [0.5, 0.6) is 11.5 Å². The first-order chi connectivity index (χ1) is 13.7. The second-order valence-corrected chi connectivity index (χ2v) is 7.32. The van der Waals surface area contributed by atoms with Crippen LogP contribution >= 0.6 is 0 Å². The molecule has 0 spiro atoms. The molecule has 2 fully saturated rings. The lowest BCUT2D eigenvalue weighted by molar-refractivity contribution is -0.289. The van der Waals surface area contributed by atoms with Crippen molar-refractivity contribution in [1.29, 1.82) is 0 Å². The second kappa shape index (κ2) is 8.53. The number of hydrogen-bond acceptors (Lipinski definition) is 12. The van der Waals surface area contributed by atoms with Crippen molar-refractivity contribution < 1.29 is 54.0 Å². The predicted molar refractivity (Wildman–Crippen MR) is 90.8 cm³/mol. The van der Waals surface area contributed by atoms with E-state index in [0.29, 0.717) is 0 Å². The van der Waals surface area contributed by atoms with E-state index in [1.807, 2.05) is 0 Å². The Morgan fingerprint density at radius 1 is 1.17 bits per heavy atom. The molecule has 0 aliphatic carbocycles. The fourth-order valence-electron chi connectivity index (χ4n) is 3.02. The first-order valence-corrected chi connectivity index (χ1v) is 8.87. The van der Waals surface area contributed by atoms with Gasteiger partial charge in [0, 0.05) is 11.5 Å². The second-order valence-electron chi connectivity index (χ2n) is 7.32. The van der Waals surface area contributed by atoms with Crippen LogP contribution in [0.1, 0.15) is 6.92 Å². The highest BCUT2D eigenvalue weighted by Crippen LogP contribution is 2.33. The van der Waals surface area contributed by atoms with Crippen LogP contribution in [0.2, 0.25) is 0 Å². The molecule has 0 unspecified atom stereocenters. The van der Waals surface area contributed by atoms with Gasteiger partial charge in [-0.1, -0.05) is 6.92 Å². The Balaban J connectivity index is 1.67. The molecule has 2 aliphatic rings. The minimum absolute atomic E-state index is 0.0412. The minimum Gasteiger partial charge on any atom is -0.504 e. The summed E-state index contributed by atoms with van der Waals surface area (Å²) in [5.41, 5.74) is -1.96. The van der Waals surface area contributed by atoms with Gasteiger partial charge in [0.1, 0.15) is 30.5 Å². The van der Waals surface area contributed by atoms with E-state index in [4.69, 9.17) is 18.9 Å². The quantitative estimate of drug-likeness (QED) is 0.279. The van der Waals surface area contributed by atoms with E-state index in [9.17, 15) is 35.4 Å². The summed E-state index contributed by atoms with van der Waals surface area (Å²) < 4.78 is 25.8. The zero-order valence-corrected chi connectivity index (χ0v) is 15.5. The summed E-state index contributed by atoms with van der Waals surface area (Å²) in [6.07, 6.45) is -9.29. The van der Waals surface area contributed by atoms with Gasteiger partial charge >= 0.3 is 5.63 Å². The molecule has 0 aromatic carbocycles. The Morgan fingerprint density at radius 2 is 1.90 bits per heavy atom. The monoisotopic (exact) mass is 420 g/mol. The van der Waals surface area contributed by atoms with Crippen molar-refractivity contribution in [3.8, 4) is 11.5 Å². The van der Waals surface area contributed by atoms with Crippen LogP contribution < -0.4 is 10.4 Å². The molecule has 29 heavy (non-hydrogen) atoms. The molecular weight excluding hydrogens is 396 g/mol. The minimum atomic E-state index is -1.76. The third-order valence-corrected chi connectivity index (χ3v) is 5.06. The Hall–Kier alpha value is -1.77. The summed E-state index contributed by atoms with van der Waals surface area (Å²) in [6.45, 7) is 0.929. The van der Waals surface area contributed by atoms with E-state index < -0.39 is 65.6 Å². The summed E-state index contributed by atoms with van der Waals surface area (Å²) in [6, 6.07) is 1.04. The molecule has 12 heteroatoms. The van der Waals surface area contributed by atoms with Crippen molar-refractivity contribution in [3.05, 3.63) is 22.7 Å². The maximum Gasteiger partial charge on any atom is 0.382 e. The maximum atomic E-state index is 11.7. The zero-order chi connectivity index (χ0) is 21.3. The van der Waals surface area contributed by atoms with Gasteiger partial charge in [0.15, 0.2) is 12.0 Å². The summed E-state index contributed by atoms with van der Waals surface area (Å²) in [5.74, 6) is -1.22. The number of aromatic hydroxyl groups is 1. The molecule has 164 valence electrons. The summed E-state index contributed by atoms with van der Waals surface area (Å²) in [4.78, 5) is 11.7. The fourth-order valence-corrected chi connectivity index (χ4v) is 3.02. The van der Waals surface area contributed by atoms with E-state index in [2.05, 4.69) is 4.42 Å². The van der Waals surface area contributed by atoms with Crippen LogP contribution in [0.25, 0.3) is 0 Å². The number of aliphatic hydroxyl groups is 5. The molecular formula is C17H24O12. The number of rotatable bonds is 6. The smallest absolute Gasteiger partial charge is 0.382 e. The largest absolute Gasteiger partial charge is 0.504 e. The molecule has 0 radical (unpaired) electrons. The SMILES string of the molecule is C[C@]1(CO)CO[C@@H](OC[C@H]2O[C@@H](Oc3c(O)ccoc3=O)[C@H](O)[C@@H](O)[C@@H]2O)[C@@H]1O. The van der Waals surface area contributed by atoms with Gasteiger partial charge in [-0.2, -0.15) is 0 Å². The standard InChI is InChI=1S/C17H24O12/c1-17(5-18)6-27-16(13(17)23)26-4-8-9(20)10(21)11(22)15(28-8)29-12-7(19)2-3-25-14(12)24/h2-3,8-11,13,15-16,18-23H,4-6H2,1H3/t8-,9-,10+,11-,13+,15+,16-,17+/m1/s1. The number of aliphatic hydroxyl groups excluding tert-OH is 5. The lowest BCUT2D eigenvalue weighted by atomic mass is 9.88. The number of ether oxygens (including phenoxy) is 4. The molecule has 0 bridgehead atoms. The van der Waals surface area contributed by atoms with Gasteiger partial charge in [-0.15, -0.1) is 0 Å². The van der Waals surface area contributed by atoms with Gasteiger partial charge in [-0.3, -0.25) is 0 Å². The molecule has 2 aliphatic heterocycles. The third kappa shape index (κ3) is 4.25. The van der Waals surface area contributed by atoms with E-state index in [-0.39, 0.29) is 19.8 Å². The predicted octanol–water partition coefficient (Wildman–Crippen LogP) is -2.74. The molecule has 1 aromatic heterocycles. The molecule has 2 saturated heterocycles. The summed E-state index contributed by atoms with van der Waals surface area (Å²) in [5, 5.41) is 59.6.